The molecule has 6 heteroatoms. The molecule has 1 aliphatic heterocycles. The first-order valence-corrected chi connectivity index (χ1v) is 9.50. The summed E-state index contributed by atoms with van der Waals surface area (Å²) in [6, 6.07) is 1.83. The summed E-state index contributed by atoms with van der Waals surface area (Å²) >= 11 is 0. The van der Waals surface area contributed by atoms with E-state index in [1.165, 1.54) is 24.4 Å². The number of nitrogens with zero attached hydrogens (tertiary/aromatic N) is 5. The zero-order valence-electron chi connectivity index (χ0n) is 15.2. The minimum absolute atomic E-state index is 0.121. The molecular weight excluding hydrogens is 314 g/mol. The minimum Gasteiger partial charge on any atom is -0.337 e. The van der Waals surface area contributed by atoms with Crippen LogP contribution in [0, 0.1) is 12.8 Å². The van der Waals surface area contributed by atoms with Crippen LogP contribution in [0.4, 0.5) is 0 Å². The van der Waals surface area contributed by atoms with Crippen molar-refractivity contribution in [2.24, 2.45) is 5.92 Å². The van der Waals surface area contributed by atoms with Gasteiger partial charge in [-0.3, -0.25) is 9.48 Å². The normalized spacial score (nSPS) is 18.7. The topological polar surface area (TPSA) is 56.0 Å². The third-order valence-corrected chi connectivity index (χ3v) is 5.61. The summed E-state index contributed by atoms with van der Waals surface area (Å²) in [5, 5.41) is 4.22. The van der Waals surface area contributed by atoms with Crippen molar-refractivity contribution >= 4 is 5.91 Å². The molecule has 0 aromatic carbocycles. The van der Waals surface area contributed by atoms with Gasteiger partial charge in [-0.25, -0.2) is 4.98 Å². The molecular formula is C19H27N5O. The lowest BCUT2D eigenvalue weighted by Crippen LogP contribution is -2.40. The molecule has 25 heavy (non-hydrogen) atoms. The molecule has 1 saturated carbocycles. The van der Waals surface area contributed by atoms with E-state index >= 15 is 0 Å². The van der Waals surface area contributed by atoms with Crippen LogP contribution in [-0.2, 0) is 13.1 Å². The molecule has 0 atom stereocenters. The number of amides is 1. The third-order valence-electron chi connectivity index (χ3n) is 5.61. The van der Waals surface area contributed by atoms with Gasteiger partial charge >= 0.3 is 0 Å². The lowest BCUT2D eigenvalue weighted by Gasteiger charge is -2.32. The molecule has 0 bridgehead atoms. The number of rotatable bonds is 5. The number of carbonyl (C=O) groups is 1. The smallest absolute Gasteiger partial charge is 0.272 e. The monoisotopic (exact) mass is 341 g/mol. The maximum Gasteiger partial charge on any atom is 0.272 e. The number of hydrogen-bond acceptors (Lipinski definition) is 3. The molecule has 0 unspecified atom stereocenters. The van der Waals surface area contributed by atoms with Crippen molar-refractivity contribution in [2.75, 3.05) is 13.1 Å². The van der Waals surface area contributed by atoms with Gasteiger partial charge in [0.2, 0.25) is 0 Å². The fraction of sp³-hybridized carbons (Fsp3) is 0.632. The Labute approximate surface area is 148 Å². The van der Waals surface area contributed by atoms with Gasteiger partial charge in [0.1, 0.15) is 11.5 Å². The SMILES string of the molecule is CCn1nccc1C(=O)N1CCC(Cn2c(C)cnc2C2CC2)CC1. The van der Waals surface area contributed by atoms with E-state index in [1.54, 1.807) is 10.9 Å². The highest BCUT2D eigenvalue weighted by Crippen LogP contribution is 2.40. The summed E-state index contributed by atoms with van der Waals surface area (Å²) in [6.07, 6.45) is 8.42. The molecule has 1 saturated heterocycles. The van der Waals surface area contributed by atoms with Crippen LogP contribution >= 0.6 is 0 Å². The Hall–Kier alpha value is -2.11. The molecule has 0 radical (unpaired) electrons. The maximum atomic E-state index is 12.7. The second-order valence-corrected chi connectivity index (χ2v) is 7.41. The Balaban J connectivity index is 1.37. The number of likely N-dealkylation sites (tertiary alicyclic amines) is 1. The molecule has 4 rings (SSSR count). The molecule has 1 aliphatic carbocycles. The molecule has 134 valence electrons. The van der Waals surface area contributed by atoms with Gasteiger partial charge in [0.05, 0.1) is 0 Å². The van der Waals surface area contributed by atoms with E-state index < -0.39 is 0 Å². The predicted molar refractivity (Wildman–Crippen MR) is 95.5 cm³/mol. The lowest BCUT2D eigenvalue weighted by molar-refractivity contribution is 0.0669. The van der Waals surface area contributed by atoms with Crippen LogP contribution in [0.2, 0.25) is 0 Å². The first-order valence-electron chi connectivity index (χ1n) is 9.50. The third kappa shape index (κ3) is 3.22. The van der Waals surface area contributed by atoms with Crippen molar-refractivity contribution < 1.29 is 4.79 Å². The highest BCUT2D eigenvalue weighted by atomic mass is 16.2. The van der Waals surface area contributed by atoms with E-state index in [4.69, 9.17) is 0 Å². The zero-order valence-corrected chi connectivity index (χ0v) is 15.2. The molecule has 0 spiro atoms. The average Bonchev–Trinajstić information content (AvgIpc) is 3.25. The summed E-state index contributed by atoms with van der Waals surface area (Å²) < 4.78 is 4.21. The standard InChI is InChI=1S/C19H27N5O/c1-3-24-17(6-9-21-24)19(25)22-10-7-15(8-11-22)13-23-14(2)12-20-18(23)16-4-5-16/h6,9,12,15-16H,3-5,7-8,10-11,13H2,1-2H3. The number of imidazole rings is 1. The van der Waals surface area contributed by atoms with Crippen LogP contribution in [0.3, 0.4) is 0 Å². The quantitative estimate of drug-likeness (QED) is 0.840. The lowest BCUT2D eigenvalue weighted by atomic mass is 9.96. The van der Waals surface area contributed by atoms with Crippen molar-refractivity contribution in [1.82, 2.24) is 24.2 Å². The molecule has 3 heterocycles. The number of carbonyl (C=O) groups excluding carboxylic acids is 1. The summed E-state index contributed by atoms with van der Waals surface area (Å²) in [5.41, 5.74) is 1.98. The van der Waals surface area contributed by atoms with Gasteiger partial charge in [0.15, 0.2) is 0 Å². The van der Waals surface area contributed by atoms with Crippen molar-refractivity contribution in [3.63, 3.8) is 0 Å². The summed E-state index contributed by atoms with van der Waals surface area (Å²) in [7, 11) is 0. The Kier molecular flexibility index (Phi) is 4.36. The van der Waals surface area contributed by atoms with Crippen LogP contribution in [0.15, 0.2) is 18.5 Å². The molecule has 1 amide bonds. The van der Waals surface area contributed by atoms with Crippen molar-refractivity contribution in [2.45, 2.75) is 58.5 Å². The summed E-state index contributed by atoms with van der Waals surface area (Å²) in [4.78, 5) is 19.3. The Morgan fingerprint density at radius 1 is 1.24 bits per heavy atom. The number of aryl methyl sites for hydroxylation is 2. The van der Waals surface area contributed by atoms with Gasteiger partial charge in [0, 0.05) is 50.2 Å². The maximum absolute atomic E-state index is 12.7. The number of aromatic nitrogens is 4. The van der Waals surface area contributed by atoms with E-state index in [2.05, 4.69) is 21.6 Å². The molecule has 2 aromatic heterocycles. The predicted octanol–water partition coefficient (Wildman–Crippen LogP) is 2.84. The minimum atomic E-state index is 0.121. The molecule has 2 fully saturated rings. The van der Waals surface area contributed by atoms with Crippen molar-refractivity contribution in [3.8, 4) is 0 Å². The fourth-order valence-corrected chi connectivity index (χ4v) is 3.89. The molecule has 2 aliphatic rings. The Morgan fingerprint density at radius 2 is 2.00 bits per heavy atom. The van der Waals surface area contributed by atoms with Gasteiger partial charge in [-0.05, 0) is 51.5 Å². The number of piperidine rings is 1. The summed E-state index contributed by atoms with van der Waals surface area (Å²) in [5.74, 6) is 2.72. The van der Waals surface area contributed by atoms with Gasteiger partial charge in [-0.2, -0.15) is 5.10 Å². The van der Waals surface area contributed by atoms with E-state index in [0.29, 0.717) is 17.5 Å². The first-order chi connectivity index (χ1) is 12.2. The van der Waals surface area contributed by atoms with Crippen LogP contribution in [0.25, 0.3) is 0 Å². The van der Waals surface area contributed by atoms with Crippen molar-refractivity contribution in [1.29, 1.82) is 0 Å². The van der Waals surface area contributed by atoms with E-state index in [-0.39, 0.29) is 5.91 Å². The van der Waals surface area contributed by atoms with Crippen LogP contribution in [0.1, 0.15) is 60.5 Å². The van der Waals surface area contributed by atoms with E-state index in [1.807, 2.05) is 24.1 Å². The highest BCUT2D eigenvalue weighted by molar-refractivity contribution is 5.92. The average molecular weight is 341 g/mol. The molecule has 2 aromatic rings. The van der Waals surface area contributed by atoms with Crippen LogP contribution in [-0.4, -0.2) is 43.2 Å². The molecule has 6 nitrogen and oxygen atoms in total. The van der Waals surface area contributed by atoms with Gasteiger partial charge < -0.3 is 9.47 Å². The van der Waals surface area contributed by atoms with Crippen LogP contribution < -0.4 is 0 Å². The molecule has 0 N–H and O–H groups in total. The van der Waals surface area contributed by atoms with Crippen LogP contribution in [0.5, 0.6) is 0 Å². The highest BCUT2D eigenvalue weighted by Gasteiger charge is 2.31. The second-order valence-electron chi connectivity index (χ2n) is 7.41. The fourth-order valence-electron chi connectivity index (χ4n) is 3.89. The zero-order chi connectivity index (χ0) is 17.4. The Bertz CT molecular complexity index is 750. The van der Waals surface area contributed by atoms with E-state index in [9.17, 15) is 4.79 Å². The van der Waals surface area contributed by atoms with Gasteiger partial charge in [-0.15, -0.1) is 0 Å². The second kappa shape index (κ2) is 6.65. The van der Waals surface area contributed by atoms with E-state index in [0.717, 1.165) is 39.0 Å². The van der Waals surface area contributed by atoms with Gasteiger partial charge in [0.25, 0.3) is 5.91 Å². The number of hydrogen-bond donors (Lipinski definition) is 0. The van der Waals surface area contributed by atoms with Gasteiger partial charge in [-0.1, -0.05) is 0 Å². The van der Waals surface area contributed by atoms with Crippen molar-refractivity contribution in [3.05, 3.63) is 35.7 Å². The summed E-state index contributed by atoms with van der Waals surface area (Å²) in [6.45, 7) is 7.63. The largest absolute Gasteiger partial charge is 0.337 e. The first kappa shape index (κ1) is 16.4. The Morgan fingerprint density at radius 3 is 2.68 bits per heavy atom.